The highest BCUT2D eigenvalue weighted by atomic mass is 16.3. The smallest absolute Gasteiger partial charge is 0.253 e. The standard InChI is InChI=1S/C16H15N5O3/c22-9-14(23)20-13-3-1-2-10(4-13)6-18-16(24)12-5-11-8-19-21-15(11)17-7-12/h1-5,7-8,22H,6,9H2,(H,18,24)(H,20,23)(H,17,19,21). The summed E-state index contributed by atoms with van der Waals surface area (Å²) in [6, 6.07) is 8.72. The summed E-state index contributed by atoms with van der Waals surface area (Å²) in [6.45, 7) is -0.282. The first kappa shape index (κ1) is 15.6. The minimum Gasteiger partial charge on any atom is -0.387 e. The van der Waals surface area contributed by atoms with E-state index in [2.05, 4.69) is 25.8 Å². The lowest BCUT2D eigenvalue weighted by molar-refractivity contribution is -0.118. The van der Waals surface area contributed by atoms with Crippen molar-refractivity contribution < 1.29 is 14.7 Å². The number of hydrogen-bond donors (Lipinski definition) is 4. The molecule has 3 aromatic rings. The van der Waals surface area contributed by atoms with Crippen molar-refractivity contribution in [2.75, 3.05) is 11.9 Å². The van der Waals surface area contributed by atoms with Crippen LogP contribution < -0.4 is 10.6 Å². The SMILES string of the molecule is O=C(CO)Nc1cccc(CNC(=O)c2cnc3[nH]ncc3c2)c1. The quantitative estimate of drug-likeness (QED) is 0.553. The van der Waals surface area contributed by atoms with Crippen molar-refractivity contribution in [3.05, 3.63) is 53.9 Å². The lowest BCUT2D eigenvalue weighted by Crippen LogP contribution is -2.23. The topological polar surface area (TPSA) is 120 Å². The number of aromatic nitrogens is 3. The molecular weight excluding hydrogens is 310 g/mol. The van der Waals surface area contributed by atoms with Gasteiger partial charge in [-0.3, -0.25) is 14.7 Å². The number of carbonyl (C=O) groups excluding carboxylic acids is 2. The van der Waals surface area contributed by atoms with Crippen LogP contribution in [0.5, 0.6) is 0 Å². The van der Waals surface area contributed by atoms with Crippen LogP contribution in [0.25, 0.3) is 11.0 Å². The highest BCUT2D eigenvalue weighted by molar-refractivity contribution is 5.96. The summed E-state index contributed by atoms with van der Waals surface area (Å²) in [6.07, 6.45) is 3.08. The predicted octanol–water partition coefficient (Wildman–Crippen LogP) is 0.819. The Morgan fingerprint density at radius 2 is 2.08 bits per heavy atom. The molecule has 2 aromatic heterocycles. The molecule has 0 radical (unpaired) electrons. The molecule has 2 heterocycles. The van der Waals surface area contributed by atoms with Crippen LogP contribution in [0.3, 0.4) is 0 Å². The Balaban J connectivity index is 1.65. The third-order valence-corrected chi connectivity index (χ3v) is 3.36. The number of H-pyrrole nitrogens is 1. The molecule has 0 aliphatic heterocycles. The van der Waals surface area contributed by atoms with Gasteiger partial charge in [0.05, 0.1) is 11.8 Å². The largest absolute Gasteiger partial charge is 0.387 e. The van der Waals surface area contributed by atoms with Crippen LogP contribution >= 0.6 is 0 Å². The zero-order chi connectivity index (χ0) is 16.9. The van der Waals surface area contributed by atoms with Gasteiger partial charge >= 0.3 is 0 Å². The number of rotatable bonds is 5. The number of aromatic amines is 1. The minimum atomic E-state index is -0.579. The fraction of sp³-hybridized carbons (Fsp3) is 0.125. The zero-order valence-electron chi connectivity index (χ0n) is 12.6. The normalized spacial score (nSPS) is 10.5. The number of aliphatic hydroxyl groups excluding tert-OH is 1. The van der Waals surface area contributed by atoms with E-state index < -0.39 is 12.5 Å². The van der Waals surface area contributed by atoms with Gasteiger partial charge in [0.1, 0.15) is 6.61 Å². The van der Waals surface area contributed by atoms with E-state index in [1.807, 2.05) is 6.07 Å². The Morgan fingerprint density at radius 1 is 1.21 bits per heavy atom. The molecule has 0 atom stereocenters. The summed E-state index contributed by atoms with van der Waals surface area (Å²) in [5.41, 5.74) is 2.44. The van der Waals surface area contributed by atoms with E-state index in [1.54, 1.807) is 30.5 Å². The van der Waals surface area contributed by atoms with Gasteiger partial charge in [-0.15, -0.1) is 0 Å². The second-order valence-corrected chi connectivity index (χ2v) is 5.12. The van der Waals surface area contributed by atoms with Crippen molar-refractivity contribution in [3.8, 4) is 0 Å². The molecule has 122 valence electrons. The van der Waals surface area contributed by atoms with Crippen LogP contribution in [0.4, 0.5) is 5.69 Å². The van der Waals surface area contributed by atoms with Crippen LogP contribution in [0.15, 0.2) is 42.7 Å². The van der Waals surface area contributed by atoms with Crippen molar-refractivity contribution in [1.82, 2.24) is 20.5 Å². The second-order valence-electron chi connectivity index (χ2n) is 5.12. The van der Waals surface area contributed by atoms with Gasteiger partial charge in [0.2, 0.25) is 5.91 Å². The van der Waals surface area contributed by atoms with Crippen LogP contribution in [0.2, 0.25) is 0 Å². The minimum absolute atomic E-state index is 0.254. The molecule has 24 heavy (non-hydrogen) atoms. The van der Waals surface area contributed by atoms with Gasteiger partial charge in [0, 0.05) is 23.8 Å². The first-order valence-corrected chi connectivity index (χ1v) is 7.22. The molecule has 2 amide bonds. The third-order valence-electron chi connectivity index (χ3n) is 3.36. The monoisotopic (exact) mass is 325 g/mol. The summed E-state index contributed by atoms with van der Waals surface area (Å²) < 4.78 is 0. The van der Waals surface area contributed by atoms with Gasteiger partial charge in [0.15, 0.2) is 5.65 Å². The Hall–Kier alpha value is -3.26. The third kappa shape index (κ3) is 3.55. The van der Waals surface area contributed by atoms with Crippen LogP contribution in [-0.2, 0) is 11.3 Å². The summed E-state index contributed by atoms with van der Waals surface area (Å²) in [5.74, 6) is -0.744. The predicted molar refractivity (Wildman–Crippen MR) is 87.2 cm³/mol. The molecule has 0 aliphatic rings. The maximum absolute atomic E-state index is 12.2. The second kappa shape index (κ2) is 6.88. The van der Waals surface area contributed by atoms with E-state index in [9.17, 15) is 9.59 Å². The van der Waals surface area contributed by atoms with Crippen LogP contribution in [-0.4, -0.2) is 38.7 Å². The molecule has 0 bridgehead atoms. The number of anilines is 1. The molecule has 0 aliphatic carbocycles. The Bertz CT molecular complexity index is 890. The van der Waals surface area contributed by atoms with E-state index >= 15 is 0 Å². The van der Waals surface area contributed by atoms with E-state index in [-0.39, 0.29) is 5.91 Å². The van der Waals surface area contributed by atoms with Crippen LogP contribution in [0, 0.1) is 0 Å². The highest BCUT2D eigenvalue weighted by Crippen LogP contribution is 2.12. The lowest BCUT2D eigenvalue weighted by Gasteiger charge is -2.08. The van der Waals surface area contributed by atoms with Gasteiger partial charge in [-0.25, -0.2) is 4.98 Å². The average molecular weight is 325 g/mol. The summed E-state index contributed by atoms with van der Waals surface area (Å²) in [5, 5.41) is 21.4. The number of carbonyl (C=O) groups is 2. The van der Waals surface area contributed by atoms with Gasteiger partial charge < -0.3 is 15.7 Å². The molecule has 4 N–H and O–H groups in total. The fourth-order valence-electron chi connectivity index (χ4n) is 2.20. The van der Waals surface area contributed by atoms with E-state index in [0.29, 0.717) is 23.4 Å². The Labute approximate surface area is 136 Å². The molecule has 8 heteroatoms. The van der Waals surface area contributed by atoms with Crippen molar-refractivity contribution in [2.24, 2.45) is 0 Å². The average Bonchev–Trinajstić information content (AvgIpc) is 3.07. The first-order chi connectivity index (χ1) is 11.7. The van der Waals surface area contributed by atoms with Crippen molar-refractivity contribution in [3.63, 3.8) is 0 Å². The number of hydrogen-bond acceptors (Lipinski definition) is 5. The summed E-state index contributed by atoms with van der Waals surface area (Å²) >= 11 is 0. The van der Waals surface area contributed by atoms with Gasteiger partial charge in [-0.2, -0.15) is 5.10 Å². The van der Waals surface area contributed by atoms with Crippen molar-refractivity contribution in [2.45, 2.75) is 6.54 Å². The van der Waals surface area contributed by atoms with Crippen molar-refractivity contribution >= 4 is 28.5 Å². The number of nitrogens with one attached hydrogen (secondary N) is 3. The van der Waals surface area contributed by atoms with Gasteiger partial charge in [-0.1, -0.05) is 12.1 Å². The van der Waals surface area contributed by atoms with Crippen LogP contribution in [0.1, 0.15) is 15.9 Å². The number of nitrogens with zero attached hydrogens (tertiary/aromatic N) is 2. The molecule has 0 fully saturated rings. The summed E-state index contributed by atoms with van der Waals surface area (Å²) in [4.78, 5) is 27.5. The lowest BCUT2D eigenvalue weighted by atomic mass is 10.2. The van der Waals surface area contributed by atoms with E-state index in [4.69, 9.17) is 5.11 Å². The Kier molecular flexibility index (Phi) is 4.48. The number of aliphatic hydroxyl groups is 1. The number of pyridine rings is 1. The number of fused-ring (bicyclic) bond motifs is 1. The highest BCUT2D eigenvalue weighted by Gasteiger charge is 2.08. The van der Waals surface area contributed by atoms with Gasteiger partial charge in [-0.05, 0) is 23.8 Å². The molecule has 0 saturated carbocycles. The Morgan fingerprint density at radius 3 is 2.92 bits per heavy atom. The number of amides is 2. The fourth-order valence-corrected chi connectivity index (χ4v) is 2.20. The van der Waals surface area contributed by atoms with E-state index in [1.165, 1.54) is 6.20 Å². The molecule has 0 saturated heterocycles. The maximum Gasteiger partial charge on any atom is 0.253 e. The molecular formula is C16H15N5O3. The number of benzene rings is 1. The zero-order valence-corrected chi connectivity index (χ0v) is 12.6. The molecule has 0 unspecified atom stereocenters. The van der Waals surface area contributed by atoms with Gasteiger partial charge in [0.25, 0.3) is 5.91 Å². The molecule has 1 aromatic carbocycles. The van der Waals surface area contributed by atoms with E-state index in [0.717, 1.165) is 10.9 Å². The maximum atomic E-state index is 12.2. The first-order valence-electron chi connectivity index (χ1n) is 7.22. The molecule has 0 spiro atoms. The van der Waals surface area contributed by atoms with Crippen molar-refractivity contribution in [1.29, 1.82) is 0 Å². The molecule has 3 rings (SSSR count). The summed E-state index contributed by atoms with van der Waals surface area (Å²) in [7, 11) is 0. The molecule has 8 nitrogen and oxygen atoms in total.